The van der Waals surface area contributed by atoms with Crippen molar-refractivity contribution < 1.29 is 14.3 Å². The van der Waals surface area contributed by atoms with Crippen LogP contribution in [0.4, 0.5) is 0 Å². The number of hydrogen-bond acceptors (Lipinski definition) is 4. The van der Waals surface area contributed by atoms with Gasteiger partial charge in [-0.2, -0.15) is 0 Å². The van der Waals surface area contributed by atoms with Crippen molar-refractivity contribution in [2.45, 2.75) is 33.2 Å². The molecule has 21 heavy (non-hydrogen) atoms. The van der Waals surface area contributed by atoms with Crippen molar-refractivity contribution in [3.8, 4) is 0 Å². The Labute approximate surface area is 125 Å². The topological polar surface area (TPSA) is 68.3 Å². The minimum Gasteiger partial charge on any atom is -0.469 e. The quantitative estimate of drug-likeness (QED) is 0.842. The van der Waals surface area contributed by atoms with Crippen LogP contribution in [0.25, 0.3) is 0 Å². The van der Waals surface area contributed by atoms with Crippen molar-refractivity contribution >= 4 is 11.9 Å². The van der Waals surface area contributed by atoms with E-state index in [1.165, 1.54) is 7.11 Å². The van der Waals surface area contributed by atoms with E-state index in [2.05, 4.69) is 15.0 Å². The van der Waals surface area contributed by atoms with Crippen LogP contribution in [-0.4, -0.2) is 24.0 Å². The Bertz CT molecular complexity index is 542. The van der Waals surface area contributed by atoms with Crippen molar-refractivity contribution in [3.63, 3.8) is 0 Å². The summed E-state index contributed by atoms with van der Waals surface area (Å²) in [6, 6.07) is 3.72. The first-order chi connectivity index (χ1) is 9.95. The van der Waals surface area contributed by atoms with Crippen LogP contribution in [-0.2, 0) is 14.3 Å². The fourth-order valence-electron chi connectivity index (χ4n) is 2.53. The minimum atomic E-state index is -0.301. The Morgan fingerprint density at radius 1 is 1.38 bits per heavy atom. The van der Waals surface area contributed by atoms with Gasteiger partial charge in [-0.25, -0.2) is 0 Å². The molecule has 2 rings (SSSR count). The Morgan fingerprint density at radius 2 is 2.10 bits per heavy atom. The maximum absolute atomic E-state index is 12.3. The molecule has 1 N–H and O–H groups in total. The molecule has 0 saturated heterocycles. The Balaban J connectivity index is 2.07. The smallest absolute Gasteiger partial charge is 0.309 e. The van der Waals surface area contributed by atoms with Gasteiger partial charge in [-0.1, -0.05) is 19.9 Å². The number of methoxy groups -OCH3 is 1. The van der Waals surface area contributed by atoms with Crippen molar-refractivity contribution in [1.29, 1.82) is 0 Å². The van der Waals surface area contributed by atoms with Gasteiger partial charge in [-0.3, -0.25) is 14.6 Å². The van der Waals surface area contributed by atoms with Gasteiger partial charge in [0.15, 0.2) is 0 Å². The highest BCUT2D eigenvalue weighted by molar-refractivity contribution is 5.90. The standard InChI is InChI=1S/C16H22N2O3/c1-9(2)13(14-10(3)6-5-7-17-14)18-15(19)11-8-12(11)16(20)21-4/h5-7,9,11-13H,8H2,1-4H3,(H,18,19)/t11-,12+,13-/m1/s1. The highest BCUT2D eigenvalue weighted by Gasteiger charge is 2.49. The predicted octanol–water partition coefficient (Wildman–Crippen LogP) is 2.01. The van der Waals surface area contributed by atoms with E-state index in [0.717, 1.165) is 11.3 Å². The van der Waals surface area contributed by atoms with Crippen molar-refractivity contribution in [2.75, 3.05) is 7.11 Å². The maximum atomic E-state index is 12.3. The van der Waals surface area contributed by atoms with Crippen LogP contribution in [0.2, 0.25) is 0 Å². The number of nitrogens with zero attached hydrogens (tertiary/aromatic N) is 1. The third kappa shape index (κ3) is 3.40. The van der Waals surface area contributed by atoms with E-state index >= 15 is 0 Å². The molecule has 0 aromatic carbocycles. The Morgan fingerprint density at radius 3 is 2.67 bits per heavy atom. The van der Waals surface area contributed by atoms with Gasteiger partial charge < -0.3 is 10.1 Å². The summed E-state index contributed by atoms with van der Waals surface area (Å²) in [7, 11) is 1.35. The van der Waals surface area contributed by atoms with Crippen LogP contribution in [0, 0.1) is 24.7 Å². The number of pyridine rings is 1. The number of aryl methyl sites for hydroxylation is 1. The molecular weight excluding hydrogens is 268 g/mol. The van der Waals surface area contributed by atoms with E-state index in [9.17, 15) is 9.59 Å². The average molecular weight is 290 g/mol. The number of carbonyl (C=O) groups excluding carboxylic acids is 2. The number of esters is 1. The molecule has 1 aliphatic rings. The van der Waals surface area contributed by atoms with Gasteiger partial charge in [-0.15, -0.1) is 0 Å². The second-order valence-electron chi connectivity index (χ2n) is 5.91. The highest BCUT2D eigenvalue weighted by Crippen LogP contribution is 2.40. The number of nitrogens with one attached hydrogen (secondary N) is 1. The Hall–Kier alpha value is -1.91. The molecule has 5 heteroatoms. The van der Waals surface area contributed by atoms with Gasteiger partial charge in [-0.05, 0) is 30.9 Å². The van der Waals surface area contributed by atoms with Gasteiger partial charge in [0, 0.05) is 6.20 Å². The summed E-state index contributed by atoms with van der Waals surface area (Å²) >= 11 is 0. The van der Waals surface area contributed by atoms with E-state index in [4.69, 9.17) is 0 Å². The molecule has 1 aromatic heterocycles. The SMILES string of the molecule is COC(=O)[C@H]1C[C@H]1C(=O)N[C@@H](c1ncccc1C)C(C)C. The molecule has 0 spiro atoms. The van der Waals surface area contributed by atoms with Crippen LogP contribution >= 0.6 is 0 Å². The van der Waals surface area contributed by atoms with E-state index < -0.39 is 0 Å². The lowest BCUT2D eigenvalue weighted by atomic mass is 9.97. The zero-order valence-electron chi connectivity index (χ0n) is 12.9. The van der Waals surface area contributed by atoms with E-state index in [-0.39, 0.29) is 35.7 Å². The fourth-order valence-corrected chi connectivity index (χ4v) is 2.53. The number of carbonyl (C=O) groups is 2. The lowest BCUT2D eigenvalue weighted by molar-refractivity contribution is -0.143. The molecule has 5 nitrogen and oxygen atoms in total. The summed E-state index contributed by atoms with van der Waals surface area (Å²) in [5.74, 6) is -0.715. The lowest BCUT2D eigenvalue weighted by Gasteiger charge is -2.23. The summed E-state index contributed by atoms with van der Waals surface area (Å²) in [4.78, 5) is 28.1. The minimum absolute atomic E-state index is 0.0887. The van der Waals surface area contributed by atoms with Gasteiger partial charge in [0.25, 0.3) is 0 Å². The first-order valence-corrected chi connectivity index (χ1v) is 7.25. The van der Waals surface area contributed by atoms with Crippen LogP contribution in [0.15, 0.2) is 18.3 Å². The third-order valence-electron chi connectivity index (χ3n) is 3.94. The molecule has 1 heterocycles. The summed E-state index contributed by atoms with van der Waals surface area (Å²) < 4.78 is 4.68. The molecule has 0 bridgehead atoms. The van der Waals surface area contributed by atoms with Crippen LogP contribution in [0.3, 0.4) is 0 Å². The molecule has 0 unspecified atom stereocenters. The van der Waals surface area contributed by atoms with Crippen molar-refractivity contribution in [2.24, 2.45) is 17.8 Å². The van der Waals surface area contributed by atoms with Crippen LogP contribution in [0.1, 0.15) is 37.6 Å². The highest BCUT2D eigenvalue weighted by atomic mass is 16.5. The molecular formula is C16H22N2O3. The number of hydrogen-bond donors (Lipinski definition) is 1. The number of ether oxygens (including phenoxy) is 1. The summed E-state index contributed by atoms with van der Waals surface area (Å²) in [5, 5.41) is 3.04. The Kier molecular flexibility index (Phi) is 4.60. The first-order valence-electron chi connectivity index (χ1n) is 7.25. The van der Waals surface area contributed by atoms with Crippen LogP contribution < -0.4 is 5.32 Å². The molecule has 1 amide bonds. The predicted molar refractivity (Wildman–Crippen MR) is 78.3 cm³/mol. The molecule has 1 fully saturated rings. The van der Waals surface area contributed by atoms with Crippen molar-refractivity contribution in [3.05, 3.63) is 29.6 Å². The molecule has 1 aromatic rings. The van der Waals surface area contributed by atoms with Gasteiger partial charge in [0.2, 0.25) is 5.91 Å². The average Bonchev–Trinajstić information content (AvgIpc) is 3.25. The molecule has 114 valence electrons. The summed E-state index contributed by atoms with van der Waals surface area (Å²) in [5.41, 5.74) is 1.94. The number of amides is 1. The van der Waals surface area contributed by atoms with Crippen molar-refractivity contribution in [1.82, 2.24) is 10.3 Å². The second kappa shape index (κ2) is 6.24. The van der Waals surface area contributed by atoms with Gasteiger partial charge >= 0.3 is 5.97 Å². The normalized spacial score (nSPS) is 21.8. The van der Waals surface area contributed by atoms with Crippen LogP contribution in [0.5, 0.6) is 0 Å². The zero-order valence-corrected chi connectivity index (χ0v) is 12.9. The zero-order chi connectivity index (χ0) is 15.6. The second-order valence-corrected chi connectivity index (χ2v) is 5.91. The lowest BCUT2D eigenvalue weighted by Crippen LogP contribution is -2.34. The fraction of sp³-hybridized carbons (Fsp3) is 0.562. The molecule has 1 aliphatic carbocycles. The summed E-state index contributed by atoms with van der Waals surface area (Å²) in [6.07, 6.45) is 2.31. The molecule has 0 radical (unpaired) electrons. The number of aromatic nitrogens is 1. The molecule has 1 saturated carbocycles. The van der Waals surface area contributed by atoms with E-state index in [1.807, 2.05) is 32.9 Å². The molecule has 3 atom stereocenters. The summed E-state index contributed by atoms with van der Waals surface area (Å²) in [6.45, 7) is 6.08. The van der Waals surface area contributed by atoms with E-state index in [1.54, 1.807) is 6.20 Å². The monoisotopic (exact) mass is 290 g/mol. The first kappa shape index (κ1) is 15.5. The van der Waals surface area contributed by atoms with Gasteiger partial charge in [0.05, 0.1) is 30.7 Å². The van der Waals surface area contributed by atoms with E-state index in [0.29, 0.717) is 6.42 Å². The largest absolute Gasteiger partial charge is 0.469 e. The molecule has 0 aliphatic heterocycles. The third-order valence-corrected chi connectivity index (χ3v) is 3.94. The van der Waals surface area contributed by atoms with Gasteiger partial charge in [0.1, 0.15) is 0 Å². The number of rotatable bonds is 5. The maximum Gasteiger partial charge on any atom is 0.309 e.